The summed E-state index contributed by atoms with van der Waals surface area (Å²) in [7, 11) is 1.96. The maximum atomic E-state index is 12.9. The van der Waals surface area contributed by atoms with Crippen LogP contribution in [0.2, 0.25) is 0 Å². The molecular weight excluding hydrogens is 330 g/mol. The summed E-state index contributed by atoms with van der Waals surface area (Å²) in [6.45, 7) is 4.01. The molecule has 0 radical (unpaired) electrons. The number of nitrogens with zero attached hydrogens (tertiary/aromatic N) is 3. The monoisotopic (exact) mass is 353 g/mol. The first-order valence-electron chi connectivity index (χ1n) is 8.65. The first-order valence-corrected chi connectivity index (χ1v) is 9.53. The van der Waals surface area contributed by atoms with E-state index in [9.17, 15) is 4.79 Å². The van der Waals surface area contributed by atoms with Crippen LogP contribution in [0.25, 0.3) is 0 Å². The lowest BCUT2D eigenvalue weighted by Crippen LogP contribution is -2.43. The maximum Gasteiger partial charge on any atom is 0.237 e. The SMILES string of the molecule is CCC1c2ccsc2CCN1C(=O)CN(C)Cc1cccc(C#N)c1. The molecule has 3 rings (SSSR count). The van der Waals surface area contributed by atoms with Crippen LogP contribution in [0.3, 0.4) is 0 Å². The van der Waals surface area contributed by atoms with E-state index in [2.05, 4.69) is 24.4 Å². The van der Waals surface area contributed by atoms with Crippen molar-refractivity contribution in [2.75, 3.05) is 20.1 Å². The third kappa shape index (κ3) is 3.92. The second-order valence-electron chi connectivity index (χ2n) is 6.54. The van der Waals surface area contributed by atoms with E-state index in [0.717, 1.165) is 24.9 Å². The number of thiophene rings is 1. The molecule has 1 aromatic heterocycles. The highest BCUT2D eigenvalue weighted by molar-refractivity contribution is 7.10. The lowest BCUT2D eigenvalue weighted by molar-refractivity contribution is -0.135. The van der Waals surface area contributed by atoms with Gasteiger partial charge in [0.1, 0.15) is 0 Å². The molecule has 0 fully saturated rings. The van der Waals surface area contributed by atoms with Gasteiger partial charge in [0.25, 0.3) is 0 Å². The Labute approximate surface area is 153 Å². The van der Waals surface area contributed by atoms with Crippen LogP contribution in [-0.4, -0.2) is 35.8 Å². The second kappa shape index (κ2) is 7.81. The summed E-state index contributed by atoms with van der Waals surface area (Å²) in [4.78, 5) is 18.3. The fourth-order valence-electron chi connectivity index (χ4n) is 3.56. The lowest BCUT2D eigenvalue weighted by Gasteiger charge is -2.36. The number of fused-ring (bicyclic) bond motifs is 1. The van der Waals surface area contributed by atoms with Crippen LogP contribution in [0.4, 0.5) is 0 Å². The average molecular weight is 353 g/mol. The minimum absolute atomic E-state index is 0.183. The molecule has 2 aromatic rings. The first kappa shape index (κ1) is 17.7. The minimum Gasteiger partial charge on any atom is -0.334 e. The predicted octanol–water partition coefficient (Wildman–Crippen LogP) is 3.59. The van der Waals surface area contributed by atoms with Gasteiger partial charge in [0, 0.05) is 18.0 Å². The quantitative estimate of drug-likeness (QED) is 0.825. The predicted molar refractivity (Wildman–Crippen MR) is 100 cm³/mol. The lowest BCUT2D eigenvalue weighted by atomic mass is 9.97. The molecule has 5 heteroatoms. The Kier molecular flexibility index (Phi) is 5.52. The van der Waals surface area contributed by atoms with E-state index >= 15 is 0 Å². The molecule has 130 valence electrons. The number of carbonyl (C=O) groups is 1. The van der Waals surface area contributed by atoms with Crippen molar-refractivity contribution < 1.29 is 4.79 Å². The van der Waals surface area contributed by atoms with Crippen molar-refractivity contribution >= 4 is 17.2 Å². The minimum atomic E-state index is 0.183. The number of amides is 1. The molecule has 0 saturated carbocycles. The Morgan fingerprint density at radius 3 is 3.04 bits per heavy atom. The molecule has 0 aliphatic carbocycles. The Bertz CT molecular complexity index is 792. The summed E-state index contributed by atoms with van der Waals surface area (Å²) < 4.78 is 0. The largest absolute Gasteiger partial charge is 0.334 e. The van der Waals surface area contributed by atoms with Crippen LogP contribution >= 0.6 is 11.3 Å². The molecule has 1 aromatic carbocycles. The molecule has 25 heavy (non-hydrogen) atoms. The maximum absolute atomic E-state index is 12.9. The molecule has 1 unspecified atom stereocenters. The smallest absolute Gasteiger partial charge is 0.237 e. The third-order valence-corrected chi connectivity index (χ3v) is 5.71. The zero-order chi connectivity index (χ0) is 17.8. The van der Waals surface area contributed by atoms with Crippen LogP contribution in [0.15, 0.2) is 35.7 Å². The van der Waals surface area contributed by atoms with Crippen LogP contribution in [-0.2, 0) is 17.8 Å². The molecule has 1 aliphatic rings. The molecule has 1 amide bonds. The van der Waals surface area contributed by atoms with Gasteiger partial charge in [0.15, 0.2) is 0 Å². The number of nitriles is 1. The van der Waals surface area contributed by atoms with Gasteiger partial charge < -0.3 is 4.90 Å². The van der Waals surface area contributed by atoms with Crippen molar-refractivity contribution in [1.82, 2.24) is 9.80 Å². The number of likely N-dealkylation sites (N-methyl/N-ethyl adjacent to an activating group) is 1. The summed E-state index contributed by atoms with van der Waals surface area (Å²) in [5.74, 6) is 0.183. The molecule has 0 saturated heterocycles. The van der Waals surface area contributed by atoms with E-state index in [4.69, 9.17) is 5.26 Å². The topological polar surface area (TPSA) is 47.3 Å². The van der Waals surface area contributed by atoms with Gasteiger partial charge in [-0.25, -0.2) is 0 Å². The third-order valence-electron chi connectivity index (χ3n) is 4.72. The fourth-order valence-corrected chi connectivity index (χ4v) is 4.49. The number of hydrogen-bond acceptors (Lipinski definition) is 4. The van der Waals surface area contributed by atoms with Crippen molar-refractivity contribution in [3.63, 3.8) is 0 Å². The summed E-state index contributed by atoms with van der Waals surface area (Å²) in [5.41, 5.74) is 3.04. The normalized spacial score (nSPS) is 16.6. The van der Waals surface area contributed by atoms with Gasteiger partial charge in [-0.15, -0.1) is 11.3 Å². The van der Waals surface area contributed by atoms with Crippen LogP contribution in [0, 0.1) is 11.3 Å². The summed E-state index contributed by atoms with van der Waals surface area (Å²) in [5, 5.41) is 11.1. The van der Waals surface area contributed by atoms with E-state index in [1.807, 2.05) is 35.0 Å². The number of carbonyl (C=O) groups excluding carboxylic acids is 1. The summed E-state index contributed by atoms with van der Waals surface area (Å²) in [6.07, 6.45) is 1.91. The standard InChI is InChI=1S/C20H23N3OS/c1-3-18-17-8-10-25-19(17)7-9-23(18)20(24)14-22(2)13-16-6-4-5-15(11-16)12-21/h4-6,8,10-11,18H,3,7,9,13-14H2,1-2H3. The van der Waals surface area contributed by atoms with Crippen LogP contribution in [0.5, 0.6) is 0 Å². The van der Waals surface area contributed by atoms with E-state index in [1.165, 1.54) is 10.4 Å². The molecule has 1 atom stereocenters. The van der Waals surface area contributed by atoms with Crippen molar-refractivity contribution in [2.45, 2.75) is 32.4 Å². The molecule has 4 nitrogen and oxygen atoms in total. The summed E-state index contributed by atoms with van der Waals surface area (Å²) >= 11 is 1.80. The van der Waals surface area contributed by atoms with Gasteiger partial charge in [-0.3, -0.25) is 9.69 Å². The highest BCUT2D eigenvalue weighted by atomic mass is 32.1. The molecule has 0 bridgehead atoms. The average Bonchev–Trinajstić information content (AvgIpc) is 3.09. The van der Waals surface area contributed by atoms with E-state index in [1.54, 1.807) is 17.4 Å². The Morgan fingerprint density at radius 1 is 1.44 bits per heavy atom. The van der Waals surface area contributed by atoms with Gasteiger partial charge in [-0.05, 0) is 54.6 Å². The Balaban J connectivity index is 1.64. The summed E-state index contributed by atoms with van der Waals surface area (Å²) in [6, 6.07) is 12.1. The second-order valence-corrected chi connectivity index (χ2v) is 7.55. The van der Waals surface area contributed by atoms with Crippen molar-refractivity contribution in [2.24, 2.45) is 0 Å². The van der Waals surface area contributed by atoms with Crippen molar-refractivity contribution in [1.29, 1.82) is 5.26 Å². The van der Waals surface area contributed by atoms with Gasteiger partial charge in [-0.1, -0.05) is 19.1 Å². The van der Waals surface area contributed by atoms with Gasteiger partial charge in [-0.2, -0.15) is 5.26 Å². The van der Waals surface area contributed by atoms with Crippen LogP contribution < -0.4 is 0 Å². The molecule has 1 aliphatic heterocycles. The van der Waals surface area contributed by atoms with E-state index in [-0.39, 0.29) is 11.9 Å². The molecule has 0 N–H and O–H groups in total. The highest BCUT2D eigenvalue weighted by Crippen LogP contribution is 2.35. The van der Waals surface area contributed by atoms with Crippen LogP contribution in [0.1, 0.15) is 41.0 Å². The highest BCUT2D eigenvalue weighted by Gasteiger charge is 2.30. The number of benzene rings is 1. The fraction of sp³-hybridized carbons (Fsp3) is 0.400. The molecule has 0 spiro atoms. The van der Waals surface area contributed by atoms with Gasteiger partial charge >= 0.3 is 0 Å². The van der Waals surface area contributed by atoms with Crippen molar-refractivity contribution in [3.8, 4) is 6.07 Å². The zero-order valence-corrected chi connectivity index (χ0v) is 15.6. The van der Waals surface area contributed by atoms with Crippen molar-refractivity contribution in [3.05, 3.63) is 57.3 Å². The number of hydrogen-bond donors (Lipinski definition) is 0. The van der Waals surface area contributed by atoms with E-state index in [0.29, 0.717) is 18.7 Å². The first-order chi connectivity index (χ1) is 12.1. The molecule has 2 heterocycles. The van der Waals surface area contributed by atoms with Gasteiger partial charge in [0.05, 0.1) is 24.2 Å². The van der Waals surface area contributed by atoms with E-state index < -0.39 is 0 Å². The van der Waals surface area contributed by atoms with Gasteiger partial charge in [0.2, 0.25) is 5.91 Å². The molecular formula is C20H23N3OS. The Morgan fingerprint density at radius 2 is 2.28 bits per heavy atom. The Hall–Kier alpha value is -2.16. The number of rotatable bonds is 5. The zero-order valence-electron chi connectivity index (χ0n) is 14.7.